The van der Waals surface area contributed by atoms with Crippen molar-refractivity contribution >= 4 is 5.78 Å². The summed E-state index contributed by atoms with van der Waals surface area (Å²) in [6.45, 7) is 2.25. The maximum Gasteiger partial charge on any atom is 0.140 e. The first kappa shape index (κ1) is 12.2. The molecule has 0 aromatic carbocycles. The molecule has 0 N–H and O–H groups in total. The van der Waals surface area contributed by atoms with Crippen molar-refractivity contribution < 1.29 is 4.79 Å². The molecule has 7 atom stereocenters. The van der Waals surface area contributed by atoms with Gasteiger partial charge < -0.3 is 0 Å². The maximum atomic E-state index is 13.0. The molecule has 0 aromatic heterocycles. The van der Waals surface area contributed by atoms with Crippen LogP contribution < -0.4 is 0 Å². The van der Waals surface area contributed by atoms with Crippen LogP contribution in [0, 0.1) is 41.4 Å². The summed E-state index contributed by atoms with van der Waals surface area (Å²) in [7, 11) is 0. The minimum absolute atomic E-state index is 0.421. The second-order valence-electron chi connectivity index (χ2n) is 7.46. The van der Waals surface area contributed by atoms with Gasteiger partial charge in [-0.3, -0.25) is 4.79 Å². The SMILES string of the molecule is CCC[C@@H]1C(=O)[C@H]2[C@@H]([C@@H]3CCCCC13)[C@H]1C=C[C@@H]2C1. The fraction of sp³-hybridized carbons (Fsp3) is 0.833. The molecule has 3 fully saturated rings. The van der Waals surface area contributed by atoms with Gasteiger partial charge in [0.2, 0.25) is 0 Å². The third-order valence-electron chi connectivity index (χ3n) is 6.70. The predicted octanol–water partition coefficient (Wildman–Crippen LogP) is 4.23. The van der Waals surface area contributed by atoms with E-state index >= 15 is 0 Å². The van der Waals surface area contributed by atoms with E-state index in [4.69, 9.17) is 0 Å². The molecule has 4 rings (SSSR count). The van der Waals surface area contributed by atoms with Crippen LogP contribution in [0.25, 0.3) is 0 Å². The van der Waals surface area contributed by atoms with E-state index in [1.807, 2.05) is 0 Å². The van der Waals surface area contributed by atoms with Gasteiger partial charge in [-0.25, -0.2) is 0 Å². The summed E-state index contributed by atoms with van der Waals surface area (Å²) in [4.78, 5) is 13.0. The number of ketones is 1. The molecule has 1 unspecified atom stereocenters. The van der Waals surface area contributed by atoms with Crippen molar-refractivity contribution in [3.63, 3.8) is 0 Å². The van der Waals surface area contributed by atoms with Crippen LogP contribution in [0.4, 0.5) is 0 Å². The molecule has 0 amide bonds. The smallest absolute Gasteiger partial charge is 0.140 e. The molecule has 2 bridgehead atoms. The number of carbonyl (C=O) groups is 1. The molecule has 1 nitrogen and oxygen atoms in total. The summed E-state index contributed by atoms with van der Waals surface area (Å²) >= 11 is 0. The molecule has 0 heterocycles. The summed E-state index contributed by atoms with van der Waals surface area (Å²) < 4.78 is 0. The fourth-order valence-corrected chi connectivity index (χ4v) is 6.14. The Morgan fingerprint density at radius 1 is 1.11 bits per heavy atom. The van der Waals surface area contributed by atoms with E-state index in [1.54, 1.807) is 0 Å². The molecular weight excluding hydrogens is 232 g/mol. The van der Waals surface area contributed by atoms with Crippen molar-refractivity contribution in [2.45, 2.75) is 51.9 Å². The van der Waals surface area contributed by atoms with Crippen molar-refractivity contribution in [1.29, 1.82) is 0 Å². The van der Waals surface area contributed by atoms with Crippen LogP contribution in [0.15, 0.2) is 12.2 Å². The van der Waals surface area contributed by atoms with Gasteiger partial charge in [0.15, 0.2) is 0 Å². The third-order valence-corrected chi connectivity index (χ3v) is 6.70. The number of fused-ring (bicyclic) bond motifs is 7. The maximum absolute atomic E-state index is 13.0. The topological polar surface area (TPSA) is 17.1 Å². The molecule has 3 saturated carbocycles. The average Bonchev–Trinajstić information content (AvgIpc) is 3.04. The highest BCUT2D eigenvalue weighted by molar-refractivity contribution is 5.86. The lowest BCUT2D eigenvalue weighted by Gasteiger charge is -2.49. The Kier molecular flexibility index (Phi) is 2.86. The van der Waals surface area contributed by atoms with Crippen LogP contribution in [-0.2, 0) is 4.79 Å². The van der Waals surface area contributed by atoms with Crippen molar-refractivity contribution in [2.75, 3.05) is 0 Å². The van der Waals surface area contributed by atoms with Crippen LogP contribution in [0.2, 0.25) is 0 Å². The Labute approximate surface area is 116 Å². The summed E-state index contributed by atoms with van der Waals surface area (Å²) in [5.41, 5.74) is 0. The van der Waals surface area contributed by atoms with Crippen molar-refractivity contribution in [2.24, 2.45) is 41.4 Å². The van der Waals surface area contributed by atoms with E-state index in [9.17, 15) is 4.79 Å². The van der Waals surface area contributed by atoms with E-state index in [0.717, 1.165) is 30.1 Å². The molecule has 4 aliphatic rings. The van der Waals surface area contributed by atoms with Gasteiger partial charge in [-0.05, 0) is 55.3 Å². The van der Waals surface area contributed by atoms with Crippen LogP contribution in [-0.4, -0.2) is 5.78 Å². The lowest BCUT2D eigenvalue weighted by molar-refractivity contribution is -0.141. The number of Topliss-reactive ketones (excluding diaryl/α,β-unsaturated/α-hetero) is 1. The zero-order valence-corrected chi connectivity index (χ0v) is 12.1. The molecule has 1 heteroatoms. The van der Waals surface area contributed by atoms with Gasteiger partial charge >= 0.3 is 0 Å². The van der Waals surface area contributed by atoms with Crippen LogP contribution in [0.5, 0.6) is 0 Å². The number of rotatable bonds is 2. The number of allylic oxidation sites excluding steroid dienone is 2. The van der Waals surface area contributed by atoms with Crippen molar-refractivity contribution in [3.8, 4) is 0 Å². The average molecular weight is 258 g/mol. The minimum Gasteiger partial charge on any atom is -0.299 e. The summed E-state index contributed by atoms with van der Waals surface area (Å²) in [5, 5.41) is 0. The zero-order chi connectivity index (χ0) is 13.0. The monoisotopic (exact) mass is 258 g/mol. The van der Waals surface area contributed by atoms with Gasteiger partial charge in [0.25, 0.3) is 0 Å². The first-order valence-electron chi connectivity index (χ1n) is 8.53. The van der Waals surface area contributed by atoms with Crippen LogP contribution in [0.3, 0.4) is 0 Å². The van der Waals surface area contributed by atoms with Gasteiger partial charge in [0, 0.05) is 11.8 Å². The van der Waals surface area contributed by atoms with Crippen LogP contribution >= 0.6 is 0 Å². The summed E-state index contributed by atoms with van der Waals surface area (Å²) in [6, 6.07) is 0. The van der Waals surface area contributed by atoms with Crippen molar-refractivity contribution in [3.05, 3.63) is 12.2 Å². The Morgan fingerprint density at radius 3 is 2.63 bits per heavy atom. The minimum atomic E-state index is 0.421. The highest BCUT2D eigenvalue weighted by Crippen LogP contribution is 2.60. The molecule has 0 aliphatic heterocycles. The van der Waals surface area contributed by atoms with Gasteiger partial charge in [-0.2, -0.15) is 0 Å². The highest BCUT2D eigenvalue weighted by atomic mass is 16.1. The normalized spacial score (nSPS) is 51.2. The Morgan fingerprint density at radius 2 is 1.84 bits per heavy atom. The Balaban J connectivity index is 1.70. The molecule has 19 heavy (non-hydrogen) atoms. The molecular formula is C18H26O. The second-order valence-corrected chi connectivity index (χ2v) is 7.46. The van der Waals surface area contributed by atoms with Gasteiger partial charge in [-0.1, -0.05) is 38.3 Å². The van der Waals surface area contributed by atoms with Crippen LogP contribution in [0.1, 0.15) is 51.9 Å². The van der Waals surface area contributed by atoms with Gasteiger partial charge in [-0.15, -0.1) is 0 Å². The predicted molar refractivity (Wildman–Crippen MR) is 76.6 cm³/mol. The lowest BCUT2D eigenvalue weighted by Crippen LogP contribution is -2.49. The first-order chi connectivity index (χ1) is 9.31. The summed E-state index contributed by atoms with van der Waals surface area (Å²) in [5.74, 6) is 5.25. The molecule has 0 radical (unpaired) electrons. The number of hydrogen-bond acceptors (Lipinski definition) is 1. The van der Waals surface area contributed by atoms with Gasteiger partial charge in [0.1, 0.15) is 5.78 Å². The van der Waals surface area contributed by atoms with E-state index < -0.39 is 0 Å². The largest absolute Gasteiger partial charge is 0.299 e. The van der Waals surface area contributed by atoms with Gasteiger partial charge in [0.05, 0.1) is 0 Å². The zero-order valence-electron chi connectivity index (χ0n) is 12.1. The fourth-order valence-electron chi connectivity index (χ4n) is 6.14. The lowest BCUT2D eigenvalue weighted by atomic mass is 9.54. The number of hydrogen-bond donors (Lipinski definition) is 0. The van der Waals surface area contributed by atoms with Crippen molar-refractivity contribution in [1.82, 2.24) is 0 Å². The van der Waals surface area contributed by atoms with E-state index in [2.05, 4.69) is 19.1 Å². The number of carbonyl (C=O) groups excluding carboxylic acids is 1. The Bertz CT molecular complexity index is 410. The summed E-state index contributed by atoms with van der Waals surface area (Å²) in [6.07, 6.45) is 14.0. The van der Waals surface area contributed by atoms with E-state index in [0.29, 0.717) is 23.5 Å². The molecule has 0 spiro atoms. The molecule has 4 aliphatic carbocycles. The third kappa shape index (κ3) is 1.63. The first-order valence-corrected chi connectivity index (χ1v) is 8.53. The highest BCUT2D eigenvalue weighted by Gasteiger charge is 2.58. The Hall–Kier alpha value is -0.590. The second kappa shape index (κ2) is 4.46. The molecule has 104 valence electrons. The van der Waals surface area contributed by atoms with E-state index in [-0.39, 0.29) is 0 Å². The molecule has 0 aromatic rings. The molecule has 0 saturated heterocycles. The van der Waals surface area contributed by atoms with E-state index in [1.165, 1.54) is 38.5 Å². The standard InChI is InChI=1S/C18H26O/c1-2-5-15-13-6-3-4-7-14(13)16-11-8-9-12(10-11)17(16)18(15)19/h8-9,11-17H,2-7,10H2,1H3/t11-,12+,13?,14+,15-,16+,17+/m0/s1. The quantitative estimate of drug-likeness (QED) is 0.677.